The minimum Gasteiger partial charge on any atom is -0.450 e. The van der Waals surface area contributed by atoms with Gasteiger partial charge in [-0.3, -0.25) is 0 Å². The second kappa shape index (κ2) is 4.84. The quantitative estimate of drug-likeness (QED) is 0.820. The number of hydrogen-bond acceptors (Lipinski definition) is 3. The molecule has 1 heterocycles. The Morgan fingerprint density at radius 2 is 2.06 bits per heavy atom. The van der Waals surface area contributed by atoms with Crippen molar-refractivity contribution in [3.8, 4) is 0 Å². The van der Waals surface area contributed by atoms with Crippen molar-refractivity contribution in [2.24, 2.45) is 17.1 Å². The molecular formula is C13H24N2O2. The molecule has 1 amide bonds. The molecule has 0 radical (unpaired) electrons. The van der Waals surface area contributed by atoms with E-state index in [1.165, 1.54) is 12.8 Å². The second-order valence-corrected chi connectivity index (χ2v) is 5.48. The highest BCUT2D eigenvalue weighted by Gasteiger charge is 2.52. The van der Waals surface area contributed by atoms with Crippen LogP contribution >= 0.6 is 0 Å². The Kier molecular flexibility index (Phi) is 3.61. The standard InChI is InChI=1S/C13H24N2O2/c1-3-17-12(16)15-8-4-11(5-9-15)13(6-7-13)10(2)14/h10-11H,3-9,14H2,1-2H3. The van der Waals surface area contributed by atoms with Crippen LogP contribution in [-0.2, 0) is 4.74 Å². The highest BCUT2D eigenvalue weighted by molar-refractivity contribution is 5.67. The third kappa shape index (κ3) is 2.41. The Labute approximate surface area is 103 Å². The average Bonchev–Trinajstić information content (AvgIpc) is 3.11. The maximum absolute atomic E-state index is 11.6. The largest absolute Gasteiger partial charge is 0.450 e. The van der Waals surface area contributed by atoms with E-state index in [0.29, 0.717) is 24.0 Å². The molecule has 2 rings (SSSR count). The second-order valence-electron chi connectivity index (χ2n) is 5.48. The van der Waals surface area contributed by atoms with Gasteiger partial charge in [-0.15, -0.1) is 0 Å². The minimum atomic E-state index is -0.156. The van der Waals surface area contributed by atoms with Crippen molar-refractivity contribution in [2.45, 2.75) is 45.6 Å². The van der Waals surface area contributed by atoms with E-state index in [4.69, 9.17) is 10.5 Å². The zero-order chi connectivity index (χ0) is 12.5. The molecule has 1 aliphatic carbocycles. The Bertz CT molecular complexity index is 279. The van der Waals surface area contributed by atoms with Crippen LogP contribution in [0.15, 0.2) is 0 Å². The summed E-state index contributed by atoms with van der Waals surface area (Å²) in [6.45, 7) is 6.10. The van der Waals surface area contributed by atoms with Crippen molar-refractivity contribution in [3.63, 3.8) is 0 Å². The summed E-state index contributed by atoms with van der Waals surface area (Å²) in [7, 11) is 0. The lowest BCUT2D eigenvalue weighted by molar-refractivity contribution is 0.0782. The number of hydrogen-bond donors (Lipinski definition) is 1. The summed E-state index contributed by atoms with van der Waals surface area (Å²) < 4.78 is 5.03. The molecule has 0 aromatic carbocycles. The Morgan fingerprint density at radius 1 is 1.47 bits per heavy atom. The van der Waals surface area contributed by atoms with Gasteiger partial charge in [0, 0.05) is 19.1 Å². The maximum atomic E-state index is 11.6. The van der Waals surface area contributed by atoms with Crippen LogP contribution in [0.2, 0.25) is 0 Å². The fourth-order valence-electron chi connectivity index (χ4n) is 3.23. The van der Waals surface area contributed by atoms with Crippen LogP contribution in [0.5, 0.6) is 0 Å². The fourth-order valence-corrected chi connectivity index (χ4v) is 3.23. The number of rotatable bonds is 3. The summed E-state index contributed by atoms with van der Waals surface area (Å²) in [5, 5.41) is 0. The number of ether oxygens (including phenoxy) is 1. The summed E-state index contributed by atoms with van der Waals surface area (Å²) >= 11 is 0. The first-order chi connectivity index (χ1) is 8.10. The van der Waals surface area contributed by atoms with Crippen molar-refractivity contribution in [2.75, 3.05) is 19.7 Å². The molecule has 2 fully saturated rings. The average molecular weight is 240 g/mol. The van der Waals surface area contributed by atoms with Gasteiger partial charge in [-0.2, -0.15) is 0 Å². The lowest BCUT2D eigenvalue weighted by Crippen LogP contribution is -2.44. The molecule has 2 aliphatic rings. The molecular weight excluding hydrogens is 216 g/mol. The summed E-state index contributed by atoms with van der Waals surface area (Å²) in [5.41, 5.74) is 6.49. The van der Waals surface area contributed by atoms with Crippen molar-refractivity contribution in [1.29, 1.82) is 0 Å². The van der Waals surface area contributed by atoms with Gasteiger partial charge in [0.25, 0.3) is 0 Å². The van der Waals surface area contributed by atoms with Gasteiger partial charge in [0.05, 0.1) is 6.61 Å². The van der Waals surface area contributed by atoms with Crippen LogP contribution in [0.1, 0.15) is 39.5 Å². The summed E-state index contributed by atoms with van der Waals surface area (Å²) in [4.78, 5) is 13.4. The van der Waals surface area contributed by atoms with Gasteiger partial charge >= 0.3 is 6.09 Å². The highest BCUT2D eigenvalue weighted by Crippen LogP contribution is 2.57. The molecule has 0 spiro atoms. The van der Waals surface area contributed by atoms with E-state index in [2.05, 4.69) is 6.92 Å². The van der Waals surface area contributed by atoms with Crippen molar-refractivity contribution < 1.29 is 9.53 Å². The summed E-state index contributed by atoms with van der Waals surface area (Å²) in [6, 6.07) is 0.293. The molecule has 0 aromatic rings. The first-order valence-electron chi connectivity index (χ1n) is 6.77. The van der Waals surface area contributed by atoms with E-state index in [1.54, 1.807) is 0 Å². The molecule has 1 atom stereocenters. The smallest absolute Gasteiger partial charge is 0.409 e. The van der Waals surface area contributed by atoms with Gasteiger partial charge in [-0.05, 0) is 50.9 Å². The highest BCUT2D eigenvalue weighted by atomic mass is 16.6. The van der Waals surface area contributed by atoms with E-state index in [1.807, 2.05) is 11.8 Å². The van der Waals surface area contributed by atoms with Gasteiger partial charge in [0.2, 0.25) is 0 Å². The third-order valence-corrected chi connectivity index (χ3v) is 4.57. The van der Waals surface area contributed by atoms with Crippen molar-refractivity contribution in [3.05, 3.63) is 0 Å². The Morgan fingerprint density at radius 3 is 2.47 bits per heavy atom. The van der Waals surface area contributed by atoms with Crippen LogP contribution in [0.3, 0.4) is 0 Å². The number of piperidine rings is 1. The monoisotopic (exact) mass is 240 g/mol. The lowest BCUT2D eigenvalue weighted by Gasteiger charge is -2.37. The molecule has 1 saturated heterocycles. The van der Waals surface area contributed by atoms with Crippen LogP contribution < -0.4 is 5.73 Å². The van der Waals surface area contributed by atoms with Crippen LogP contribution in [0, 0.1) is 11.3 Å². The van der Waals surface area contributed by atoms with Gasteiger partial charge < -0.3 is 15.4 Å². The van der Waals surface area contributed by atoms with Crippen LogP contribution in [0.4, 0.5) is 4.79 Å². The molecule has 98 valence electrons. The van der Waals surface area contributed by atoms with Gasteiger partial charge in [-0.25, -0.2) is 4.79 Å². The van der Waals surface area contributed by atoms with E-state index in [0.717, 1.165) is 25.9 Å². The molecule has 1 aliphatic heterocycles. The third-order valence-electron chi connectivity index (χ3n) is 4.57. The number of nitrogens with two attached hydrogens (primary N) is 1. The molecule has 0 bridgehead atoms. The fraction of sp³-hybridized carbons (Fsp3) is 0.923. The number of carbonyl (C=O) groups is 1. The first-order valence-corrected chi connectivity index (χ1v) is 6.77. The summed E-state index contributed by atoms with van der Waals surface area (Å²) in [6.07, 6.45) is 4.56. The Balaban J connectivity index is 1.84. The predicted octanol–water partition coefficient (Wildman–Crippen LogP) is 1.98. The first kappa shape index (κ1) is 12.7. The van der Waals surface area contributed by atoms with E-state index < -0.39 is 0 Å². The number of carbonyl (C=O) groups excluding carboxylic acids is 1. The minimum absolute atomic E-state index is 0.156. The zero-order valence-electron chi connectivity index (χ0n) is 10.9. The van der Waals surface area contributed by atoms with Gasteiger partial charge in [0.15, 0.2) is 0 Å². The number of likely N-dealkylation sites (tertiary alicyclic amines) is 1. The number of amides is 1. The predicted molar refractivity (Wildman–Crippen MR) is 66.6 cm³/mol. The van der Waals surface area contributed by atoms with Crippen molar-refractivity contribution in [1.82, 2.24) is 4.90 Å². The van der Waals surface area contributed by atoms with E-state index in [-0.39, 0.29) is 6.09 Å². The molecule has 0 aromatic heterocycles. The molecule has 2 N–H and O–H groups in total. The zero-order valence-corrected chi connectivity index (χ0v) is 10.9. The lowest BCUT2D eigenvalue weighted by atomic mass is 9.78. The van der Waals surface area contributed by atoms with Crippen LogP contribution in [-0.4, -0.2) is 36.7 Å². The normalized spacial score (nSPS) is 25.5. The van der Waals surface area contributed by atoms with E-state index in [9.17, 15) is 4.79 Å². The van der Waals surface area contributed by atoms with Crippen LogP contribution in [0.25, 0.3) is 0 Å². The maximum Gasteiger partial charge on any atom is 0.409 e. The molecule has 4 heteroatoms. The topological polar surface area (TPSA) is 55.6 Å². The van der Waals surface area contributed by atoms with Crippen molar-refractivity contribution >= 4 is 6.09 Å². The summed E-state index contributed by atoms with van der Waals surface area (Å²) in [5.74, 6) is 0.702. The molecule has 1 unspecified atom stereocenters. The van der Waals surface area contributed by atoms with Gasteiger partial charge in [0.1, 0.15) is 0 Å². The molecule has 1 saturated carbocycles. The number of nitrogens with zero attached hydrogens (tertiary/aromatic N) is 1. The van der Waals surface area contributed by atoms with Gasteiger partial charge in [-0.1, -0.05) is 0 Å². The van der Waals surface area contributed by atoms with E-state index >= 15 is 0 Å². The SMILES string of the molecule is CCOC(=O)N1CCC(C2(C(C)N)CC2)CC1. The Hall–Kier alpha value is -0.770. The molecule has 4 nitrogen and oxygen atoms in total. The molecule has 17 heavy (non-hydrogen) atoms.